The highest BCUT2D eigenvalue weighted by atomic mass is 32.1. The Bertz CT molecular complexity index is 643. The summed E-state index contributed by atoms with van der Waals surface area (Å²) >= 11 is 1.66. The predicted octanol–water partition coefficient (Wildman–Crippen LogP) is 2.94. The highest BCUT2D eigenvalue weighted by Gasteiger charge is 2.39. The van der Waals surface area contributed by atoms with Crippen LogP contribution in [0.4, 0.5) is 0 Å². The normalized spacial score (nSPS) is 22.9. The Morgan fingerprint density at radius 1 is 1.55 bits per heavy atom. The van der Waals surface area contributed by atoms with Gasteiger partial charge in [-0.15, -0.1) is 11.3 Å². The van der Waals surface area contributed by atoms with Crippen molar-refractivity contribution in [1.82, 2.24) is 14.7 Å². The second-order valence-electron chi connectivity index (χ2n) is 6.30. The van der Waals surface area contributed by atoms with Crippen LogP contribution >= 0.6 is 11.3 Å². The summed E-state index contributed by atoms with van der Waals surface area (Å²) in [6.07, 6.45) is 5.56. The first-order valence-electron chi connectivity index (χ1n) is 7.21. The van der Waals surface area contributed by atoms with E-state index in [2.05, 4.69) is 47.0 Å². The van der Waals surface area contributed by atoms with Crippen molar-refractivity contribution in [1.29, 1.82) is 0 Å². The molecule has 4 nitrogen and oxygen atoms in total. The summed E-state index contributed by atoms with van der Waals surface area (Å²) in [6, 6.07) is 0. The van der Waals surface area contributed by atoms with Gasteiger partial charge < -0.3 is 5.32 Å². The number of carbonyl (C=O) groups excluding carboxylic acids is 1. The number of imidazole rings is 1. The zero-order chi connectivity index (χ0) is 14.3. The van der Waals surface area contributed by atoms with Crippen molar-refractivity contribution in [2.45, 2.75) is 52.0 Å². The summed E-state index contributed by atoms with van der Waals surface area (Å²) < 4.78 is 2.17. The smallest absolute Gasteiger partial charge is 0.220 e. The maximum atomic E-state index is 11.7. The number of fused-ring (bicyclic) bond motifs is 1. The number of nitrogens with one attached hydrogen (secondary N) is 1. The van der Waals surface area contributed by atoms with E-state index in [1.807, 2.05) is 0 Å². The molecule has 2 aromatic rings. The van der Waals surface area contributed by atoms with Gasteiger partial charge >= 0.3 is 0 Å². The van der Waals surface area contributed by atoms with Gasteiger partial charge in [0.2, 0.25) is 5.91 Å². The molecule has 1 aliphatic rings. The second kappa shape index (κ2) is 4.88. The van der Waals surface area contributed by atoms with E-state index in [0.717, 1.165) is 29.9 Å². The summed E-state index contributed by atoms with van der Waals surface area (Å²) in [5, 5.41) is 5.31. The molecule has 1 saturated heterocycles. The molecule has 0 saturated carbocycles. The van der Waals surface area contributed by atoms with Gasteiger partial charge in [-0.3, -0.25) is 9.20 Å². The Morgan fingerprint density at radius 2 is 2.35 bits per heavy atom. The quantitative estimate of drug-likeness (QED) is 0.941. The number of rotatable bonds is 4. The standard InChI is InChI=1S/C15H21N3OS/c1-10(2)8-15(5-4-13(19)17-15)9-12-11(3)16-14-18(12)6-7-20-14/h6-7,10H,4-5,8-9H2,1-3H3,(H,17,19). The fourth-order valence-corrected chi connectivity index (χ4v) is 4.17. The van der Waals surface area contributed by atoms with E-state index in [0.29, 0.717) is 12.3 Å². The first-order chi connectivity index (χ1) is 9.49. The lowest BCUT2D eigenvalue weighted by atomic mass is 9.83. The van der Waals surface area contributed by atoms with Crippen LogP contribution in [0.2, 0.25) is 0 Å². The van der Waals surface area contributed by atoms with Gasteiger partial charge in [-0.05, 0) is 25.7 Å². The third-order valence-corrected chi connectivity index (χ3v) is 4.86. The van der Waals surface area contributed by atoms with Gasteiger partial charge in [0.25, 0.3) is 0 Å². The molecule has 2 aromatic heterocycles. The van der Waals surface area contributed by atoms with E-state index in [-0.39, 0.29) is 11.4 Å². The van der Waals surface area contributed by atoms with Crippen LogP contribution in [0.3, 0.4) is 0 Å². The Morgan fingerprint density at radius 3 is 3.00 bits per heavy atom. The molecule has 1 N–H and O–H groups in total. The fourth-order valence-electron chi connectivity index (χ4n) is 3.39. The number of thiazole rings is 1. The van der Waals surface area contributed by atoms with Gasteiger partial charge in [0.15, 0.2) is 4.96 Å². The van der Waals surface area contributed by atoms with Crippen LogP contribution in [-0.4, -0.2) is 20.8 Å². The second-order valence-corrected chi connectivity index (χ2v) is 7.18. The van der Waals surface area contributed by atoms with E-state index in [1.54, 1.807) is 11.3 Å². The fraction of sp³-hybridized carbons (Fsp3) is 0.600. The predicted molar refractivity (Wildman–Crippen MR) is 81.1 cm³/mol. The molecule has 0 aromatic carbocycles. The molecule has 1 aliphatic heterocycles. The lowest BCUT2D eigenvalue weighted by molar-refractivity contribution is -0.119. The van der Waals surface area contributed by atoms with Crippen molar-refractivity contribution in [3.8, 4) is 0 Å². The minimum atomic E-state index is -0.0894. The van der Waals surface area contributed by atoms with Crippen LogP contribution in [0.5, 0.6) is 0 Å². The molecule has 1 amide bonds. The topological polar surface area (TPSA) is 46.4 Å². The van der Waals surface area contributed by atoms with Gasteiger partial charge in [-0.1, -0.05) is 13.8 Å². The van der Waals surface area contributed by atoms with Crippen LogP contribution in [-0.2, 0) is 11.2 Å². The maximum Gasteiger partial charge on any atom is 0.220 e. The Kier molecular flexibility index (Phi) is 3.32. The zero-order valence-corrected chi connectivity index (χ0v) is 13.1. The average molecular weight is 291 g/mol. The summed E-state index contributed by atoms with van der Waals surface area (Å²) in [6.45, 7) is 6.50. The number of amides is 1. The lowest BCUT2D eigenvalue weighted by Gasteiger charge is -2.31. The van der Waals surface area contributed by atoms with Gasteiger partial charge in [0, 0.05) is 35.7 Å². The first-order valence-corrected chi connectivity index (χ1v) is 8.09. The molecule has 5 heteroatoms. The zero-order valence-electron chi connectivity index (χ0n) is 12.3. The van der Waals surface area contributed by atoms with E-state index in [9.17, 15) is 4.79 Å². The Balaban J connectivity index is 1.95. The van der Waals surface area contributed by atoms with Crippen molar-refractivity contribution < 1.29 is 4.79 Å². The third kappa shape index (κ3) is 2.35. The maximum absolute atomic E-state index is 11.7. The number of hydrogen-bond acceptors (Lipinski definition) is 3. The van der Waals surface area contributed by atoms with Crippen molar-refractivity contribution in [2.24, 2.45) is 5.92 Å². The third-order valence-electron chi connectivity index (χ3n) is 4.10. The van der Waals surface area contributed by atoms with E-state index in [4.69, 9.17) is 0 Å². The highest BCUT2D eigenvalue weighted by Crippen LogP contribution is 2.32. The summed E-state index contributed by atoms with van der Waals surface area (Å²) in [4.78, 5) is 17.4. The van der Waals surface area contributed by atoms with Crippen LogP contribution < -0.4 is 5.32 Å². The molecule has 20 heavy (non-hydrogen) atoms. The van der Waals surface area contributed by atoms with Gasteiger partial charge in [0.1, 0.15) is 0 Å². The Labute approximate surface area is 123 Å². The molecule has 1 fully saturated rings. The summed E-state index contributed by atoms with van der Waals surface area (Å²) in [7, 11) is 0. The molecule has 1 unspecified atom stereocenters. The van der Waals surface area contributed by atoms with Crippen molar-refractivity contribution >= 4 is 22.2 Å². The molecule has 1 atom stereocenters. The largest absolute Gasteiger partial charge is 0.350 e. The van der Waals surface area contributed by atoms with Gasteiger partial charge in [-0.2, -0.15) is 0 Å². The minimum Gasteiger partial charge on any atom is -0.350 e. The number of aryl methyl sites for hydroxylation is 1. The van der Waals surface area contributed by atoms with E-state index < -0.39 is 0 Å². The highest BCUT2D eigenvalue weighted by molar-refractivity contribution is 7.15. The van der Waals surface area contributed by atoms with Gasteiger partial charge in [-0.25, -0.2) is 4.98 Å². The number of aromatic nitrogens is 2. The number of carbonyl (C=O) groups is 1. The lowest BCUT2D eigenvalue weighted by Crippen LogP contribution is -2.45. The summed E-state index contributed by atoms with van der Waals surface area (Å²) in [5.74, 6) is 0.758. The van der Waals surface area contributed by atoms with E-state index >= 15 is 0 Å². The number of hydrogen-bond donors (Lipinski definition) is 1. The molecule has 108 valence electrons. The molecule has 0 bridgehead atoms. The average Bonchev–Trinajstić information content (AvgIpc) is 2.99. The molecular formula is C15H21N3OS. The van der Waals surface area contributed by atoms with Crippen LogP contribution in [0.25, 0.3) is 4.96 Å². The molecule has 3 heterocycles. The first kappa shape index (κ1) is 13.6. The number of nitrogens with zero attached hydrogens (tertiary/aromatic N) is 2. The van der Waals surface area contributed by atoms with Gasteiger partial charge in [0.05, 0.1) is 5.69 Å². The molecule has 0 radical (unpaired) electrons. The molecule has 0 aliphatic carbocycles. The van der Waals surface area contributed by atoms with Crippen LogP contribution in [0.15, 0.2) is 11.6 Å². The van der Waals surface area contributed by atoms with E-state index in [1.165, 1.54) is 5.69 Å². The van der Waals surface area contributed by atoms with Crippen molar-refractivity contribution in [3.63, 3.8) is 0 Å². The van der Waals surface area contributed by atoms with Crippen molar-refractivity contribution in [3.05, 3.63) is 23.0 Å². The molecule has 3 rings (SSSR count). The molecular weight excluding hydrogens is 270 g/mol. The van der Waals surface area contributed by atoms with Crippen LogP contribution in [0.1, 0.15) is 44.5 Å². The molecule has 0 spiro atoms. The van der Waals surface area contributed by atoms with Crippen molar-refractivity contribution in [2.75, 3.05) is 0 Å². The monoisotopic (exact) mass is 291 g/mol. The Hall–Kier alpha value is -1.36. The summed E-state index contributed by atoms with van der Waals surface area (Å²) in [5.41, 5.74) is 2.23. The SMILES string of the molecule is Cc1nc2sccn2c1CC1(CC(C)C)CCC(=O)N1. The minimum absolute atomic E-state index is 0.0894. The van der Waals surface area contributed by atoms with Crippen LogP contribution in [0, 0.1) is 12.8 Å².